The summed E-state index contributed by atoms with van der Waals surface area (Å²) in [7, 11) is 0. The second-order valence-electron chi connectivity index (χ2n) is 8.35. The molecule has 3 aromatic heterocycles. The zero-order valence-electron chi connectivity index (χ0n) is 18.0. The Balaban J connectivity index is 1.62. The lowest BCUT2D eigenvalue weighted by Crippen LogP contribution is -1.98. The number of pyridine rings is 1. The number of benzene rings is 4. The number of para-hydroxylation sites is 2. The molecular weight excluding hydrogens is 406 g/mol. The van der Waals surface area contributed by atoms with Crippen LogP contribution in [-0.4, -0.2) is 14.5 Å². The first-order chi connectivity index (χ1) is 16.3. The summed E-state index contributed by atoms with van der Waals surface area (Å²) in [5, 5.41) is 4.49. The van der Waals surface area contributed by atoms with Crippen LogP contribution in [0.2, 0.25) is 0 Å². The summed E-state index contributed by atoms with van der Waals surface area (Å²) in [6.45, 7) is 2.07. The number of furan rings is 1. The molecule has 0 saturated carbocycles. The molecule has 0 spiro atoms. The molecule has 0 bridgehead atoms. The lowest BCUT2D eigenvalue weighted by Gasteiger charge is -2.09. The zero-order valence-corrected chi connectivity index (χ0v) is 18.0. The van der Waals surface area contributed by atoms with Crippen molar-refractivity contribution < 1.29 is 4.42 Å². The van der Waals surface area contributed by atoms with Crippen LogP contribution in [-0.2, 0) is 0 Å². The van der Waals surface area contributed by atoms with Crippen LogP contribution in [0, 0.1) is 6.92 Å². The van der Waals surface area contributed by atoms with Crippen molar-refractivity contribution in [2.24, 2.45) is 0 Å². The minimum atomic E-state index is 0.826. The van der Waals surface area contributed by atoms with Crippen molar-refractivity contribution in [1.82, 2.24) is 14.5 Å². The number of aryl methyl sites for hydroxylation is 1. The Morgan fingerprint density at radius 3 is 2.39 bits per heavy atom. The van der Waals surface area contributed by atoms with Gasteiger partial charge in [-0.15, -0.1) is 0 Å². The van der Waals surface area contributed by atoms with Gasteiger partial charge in [0.1, 0.15) is 16.7 Å². The van der Waals surface area contributed by atoms with Crippen molar-refractivity contribution in [3.8, 4) is 17.1 Å². The Morgan fingerprint density at radius 1 is 0.697 bits per heavy atom. The van der Waals surface area contributed by atoms with Gasteiger partial charge in [-0.3, -0.25) is 4.57 Å². The Hall–Kier alpha value is -4.44. The molecule has 0 unspecified atom stereocenters. The first-order valence-electron chi connectivity index (χ1n) is 11.0. The molecule has 0 aliphatic carbocycles. The van der Waals surface area contributed by atoms with E-state index in [9.17, 15) is 0 Å². The maximum absolute atomic E-state index is 6.59. The fraction of sp³-hybridized carbons (Fsp3) is 0.0345. The second-order valence-corrected chi connectivity index (χ2v) is 8.35. The lowest BCUT2D eigenvalue weighted by atomic mass is 10.0. The van der Waals surface area contributed by atoms with Crippen LogP contribution in [0.25, 0.3) is 61.0 Å². The number of aromatic nitrogens is 3. The molecule has 0 fully saturated rings. The number of fused-ring (bicyclic) bond motifs is 6. The lowest BCUT2D eigenvalue weighted by molar-refractivity contribution is 0.673. The number of hydrogen-bond donors (Lipinski definition) is 0. The van der Waals surface area contributed by atoms with E-state index >= 15 is 0 Å². The fourth-order valence-electron chi connectivity index (χ4n) is 4.80. The van der Waals surface area contributed by atoms with Crippen molar-refractivity contribution in [1.29, 1.82) is 0 Å². The van der Waals surface area contributed by atoms with E-state index in [2.05, 4.69) is 78.2 Å². The number of imidazole rings is 1. The molecule has 4 heteroatoms. The van der Waals surface area contributed by atoms with Crippen LogP contribution in [0.15, 0.2) is 102 Å². The molecule has 4 nitrogen and oxygen atoms in total. The molecular formula is C29H19N3O. The smallest absolute Gasteiger partial charge is 0.165 e. The Bertz CT molecular complexity index is 1830. The van der Waals surface area contributed by atoms with Gasteiger partial charge in [-0.05, 0) is 48.2 Å². The van der Waals surface area contributed by atoms with Gasteiger partial charge >= 0.3 is 0 Å². The highest BCUT2D eigenvalue weighted by atomic mass is 16.3. The minimum Gasteiger partial charge on any atom is -0.455 e. The van der Waals surface area contributed by atoms with Crippen LogP contribution in [0.4, 0.5) is 0 Å². The Labute approximate surface area is 189 Å². The van der Waals surface area contributed by atoms with Gasteiger partial charge in [0.25, 0.3) is 0 Å². The summed E-state index contributed by atoms with van der Waals surface area (Å²) in [6.07, 6.45) is 1.84. The third-order valence-electron chi connectivity index (χ3n) is 6.39. The summed E-state index contributed by atoms with van der Waals surface area (Å²) >= 11 is 0. The van der Waals surface area contributed by atoms with E-state index < -0.39 is 0 Å². The Kier molecular flexibility index (Phi) is 3.73. The van der Waals surface area contributed by atoms with Crippen LogP contribution < -0.4 is 0 Å². The van der Waals surface area contributed by atoms with E-state index in [0.29, 0.717) is 0 Å². The molecule has 3 heterocycles. The molecule has 7 aromatic rings. The monoisotopic (exact) mass is 425 g/mol. The quantitative estimate of drug-likeness (QED) is 0.289. The van der Waals surface area contributed by atoms with Gasteiger partial charge < -0.3 is 4.42 Å². The number of rotatable bonds is 2. The predicted octanol–water partition coefficient (Wildman–Crippen LogP) is 7.45. The topological polar surface area (TPSA) is 43.9 Å². The van der Waals surface area contributed by atoms with Gasteiger partial charge in [-0.2, -0.15) is 0 Å². The first kappa shape index (κ1) is 18.2. The molecule has 4 aromatic carbocycles. The van der Waals surface area contributed by atoms with Crippen molar-refractivity contribution in [2.75, 3.05) is 0 Å². The second kappa shape index (κ2) is 6.78. The SMILES string of the molecule is Cc1ccnc2c1nc(-c1cccc3c1oc1c4ccccc4ccc31)n2-c1ccccc1. The average molecular weight is 425 g/mol. The normalized spacial score (nSPS) is 11.8. The van der Waals surface area contributed by atoms with E-state index in [4.69, 9.17) is 14.4 Å². The third kappa shape index (κ3) is 2.58. The summed E-state index contributed by atoms with van der Waals surface area (Å²) in [4.78, 5) is 9.78. The average Bonchev–Trinajstić information content (AvgIpc) is 3.44. The fourth-order valence-corrected chi connectivity index (χ4v) is 4.80. The van der Waals surface area contributed by atoms with Gasteiger partial charge in [-0.1, -0.05) is 60.7 Å². The van der Waals surface area contributed by atoms with E-state index in [1.54, 1.807) is 0 Å². The summed E-state index contributed by atoms with van der Waals surface area (Å²) in [5.41, 5.74) is 6.56. The molecule has 7 rings (SSSR count). The van der Waals surface area contributed by atoms with Gasteiger partial charge in [0.15, 0.2) is 11.5 Å². The van der Waals surface area contributed by atoms with Gasteiger partial charge in [0.2, 0.25) is 0 Å². The highest BCUT2D eigenvalue weighted by Gasteiger charge is 2.21. The molecule has 0 aliphatic heterocycles. The standard InChI is InChI=1S/C29H19N3O/c1-18-16-17-30-29-25(18)31-28(32(29)20-9-3-2-4-10-20)24-13-7-12-22-23-15-14-19-8-5-6-11-21(19)26(23)33-27(22)24/h2-17H,1H3. The van der Waals surface area contributed by atoms with Gasteiger partial charge in [-0.25, -0.2) is 9.97 Å². The number of hydrogen-bond acceptors (Lipinski definition) is 3. The molecule has 0 saturated heterocycles. The van der Waals surface area contributed by atoms with Crippen molar-refractivity contribution >= 4 is 43.9 Å². The minimum absolute atomic E-state index is 0.826. The van der Waals surface area contributed by atoms with Crippen molar-refractivity contribution in [3.05, 3.63) is 103 Å². The largest absolute Gasteiger partial charge is 0.455 e. The van der Waals surface area contributed by atoms with E-state index in [1.807, 2.05) is 30.5 Å². The van der Waals surface area contributed by atoms with Crippen LogP contribution in [0.1, 0.15) is 5.56 Å². The van der Waals surface area contributed by atoms with E-state index in [-0.39, 0.29) is 0 Å². The predicted molar refractivity (Wildman–Crippen MR) is 134 cm³/mol. The summed E-state index contributed by atoms with van der Waals surface area (Å²) in [5.74, 6) is 0.826. The van der Waals surface area contributed by atoms with Gasteiger partial charge in [0, 0.05) is 28.0 Å². The van der Waals surface area contributed by atoms with E-state index in [0.717, 1.165) is 61.1 Å². The summed E-state index contributed by atoms with van der Waals surface area (Å²) < 4.78 is 8.72. The highest BCUT2D eigenvalue weighted by Crippen LogP contribution is 2.39. The maximum atomic E-state index is 6.59. The van der Waals surface area contributed by atoms with Crippen LogP contribution in [0.3, 0.4) is 0 Å². The Morgan fingerprint density at radius 2 is 1.48 bits per heavy atom. The molecule has 0 atom stereocenters. The van der Waals surface area contributed by atoms with Crippen molar-refractivity contribution in [2.45, 2.75) is 6.92 Å². The molecule has 0 amide bonds. The highest BCUT2D eigenvalue weighted by molar-refractivity contribution is 6.17. The molecule has 0 aliphatic rings. The number of nitrogens with zero attached hydrogens (tertiary/aromatic N) is 3. The third-order valence-corrected chi connectivity index (χ3v) is 6.39. The maximum Gasteiger partial charge on any atom is 0.165 e. The zero-order chi connectivity index (χ0) is 21.9. The molecule has 0 radical (unpaired) electrons. The summed E-state index contributed by atoms with van der Waals surface area (Å²) in [6, 6.07) is 31.2. The van der Waals surface area contributed by atoms with Gasteiger partial charge in [0.05, 0.1) is 5.56 Å². The molecule has 156 valence electrons. The van der Waals surface area contributed by atoms with Crippen molar-refractivity contribution in [3.63, 3.8) is 0 Å². The molecule has 0 N–H and O–H groups in total. The van der Waals surface area contributed by atoms with E-state index in [1.165, 1.54) is 5.39 Å². The van der Waals surface area contributed by atoms with Crippen LogP contribution >= 0.6 is 0 Å². The molecule has 33 heavy (non-hydrogen) atoms. The van der Waals surface area contributed by atoms with Crippen LogP contribution in [0.5, 0.6) is 0 Å². The first-order valence-corrected chi connectivity index (χ1v) is 11.0.